The van der Waals surface area contributed by atoms with E-state index in [1.54, 1.807) is 36.5 Å². The highest BCUT2D eigenvalue weighted by molar-refractivity contribution is 8.13. The van der Waals surface area contributed by atoms with Gasteiger partial charge in [-0.3, -0.25) is 14.1 Å². The topological polar surface area (TPSA) is 154 Å². The first-order chi connectivity index (χ1) is 15.2. The normalized spacial score (nSPS) is 11.3. The van der Waals surface area contributed by atoms with Crippen molar-refractivity contribution in [3.63, 3.8) is 0 Å². The van der Waals surface area contributed by atoms with Crippen LogP contribution in [0.15, 0.2) is 69.3 Å². The van der Waals surface area contributed by atoms with Crippen LogP contribution in [0.2, 0.25) is 10.0 Å². The molecule has 9 nitrogen and oxygen atoms in total. The van der Waals surface area contributed by atoms with Gasteiger partial charge in [0.1, 0.15) is 4.90 Å². The van der Waals surface area contributed by atoms with Crippen LogP contribution in [0.4, 0.5) is 0 Å². The van der Waals surface area contributed by atoms with E-state index in [9.17, 15) is 18.0 Å². The molecule has 2 aromatic carbocycles. The quantitative estimate of drug-likeness (QED) is 0.226. The minimum atomic E-state index is -4.19. The summed E-state index contributed by atoms with van der Waals surface area (Å²) < 4.78 is 47.4. The molecule has 2 heterocycles. The average molecular weight is 574 g/mol. The lowest BCUT2D eigenvalue weighted by molar-refractivity contribution is 0.501. The Kier molecular flexibility index (Phi) is 8.94. The molecule has 0 unspecified atom stereocenters. The molecule has 0 spiro atoms. The van der Waals surface area contributed by atoms with Crippen molar-refractivity contribution < 1.29 is 21.4 Å². The fourth-order valence-electron chi connectivity index (χ4n) is 2.50. The minimum absolute atomic E-state index is 0.00810. The van der Waals surface area contributed by atoms with Gasteiger partial charge in [0.25, 0.3) is 9.05 Å². The van der Waals surface area contributed by atoms with Gasteiger partial charge in [0, 0.05) is 71.7 Å². The van der Waals surface area contributed by atoms with Gasteiger partial charge in [0.15, 0.2) is 5.43 Å². The Morgan fingerprint density at radius 3 is 1.76 bits per heavy atom. The van der Waals surface area contributed by atoms with Crippen molar-refractivity contribution in [2.75, 3.05) is 0 Å². The molecule has 0 saturated heterocycles. The number of H-pyrrole nitrogens is 2. The lowest BCUT2D eigenvalue weighted by atomic mass is 10.2. The van der Waals surface area contributed by atoms with Crippen LogP contribution in [-0.4, -0.2) is 31.4 Å². The van der Waals surface area contributed by atoms with Crippen molar-refractivity contribution in [2.45, 2.75) is 4.90 Å². The highest BCUT2D eigenvalue weighted by Crippen LogP contribution is 2.18. The molecule has 0 aliphatic heterocycles. The van der Waals surface area contributed by atoms with Gasteiger partial charge in [0.05, 0.1) is 0 Å². The SMILES string of the molecule is O=S(=O)(O)Cl.O=c1c(S(=O)(=O)Cl)c[nH]c2ccc(Cl)cc12.O=c1cc[nH]c2ccc(Cl)cc12. The van der Waals surface area contributed by atoms with E-state index in [1.807, 2.05) is 0 Å². The van der Waals surface area contributed by atoms with Crippen molar-refractivity contribution in [1.82, 2.24) is 9.97 Å². The van der Waals surface area contributed by atoms with Crippen molar-refractivity contribution in [3.05, 3.63) is 85.4 Å². The number of nitrogens with one attached hydrogen (secondary N) is 2. The van der Waals surface area contributed by atoms with Gasteiger partial charge in [0.2, 0.25) is 5.43 Å². The summed E-state index contributed by atoms with van der Waals surface area (Å²) in [6, 6.07) is 11.3. The maximum absolute atomic E-state index is 11.8. The summed E-state index contributed by atoms with van der Waals surface area (Å²) in [7, 11) is 0.934. The molecular weight excluding hydrogens is 562 g/mol. The summed E-state index contributed by atoms with van der Waals surface area (Å²) in [5.41, 5.74) is 0.642. The van der Waals surface area contributed by atoms with Crippen LogP contribution in [0.3, 0.4) is 0 Å². The highest BCUT2D eigenvalue weighted by Gasteiger charge is 2.16. The zero-order chi connectivity index (χ0) is 25.0. The van der Waals surface area contributed by atoms with Gasteiger partial charge >= 0.3 is 9.33 Å². The first-order valence-electron chi connectivity index (χ1n) is 8.36. The van der Waals surface area contributed by atoms with Crippen LogP contribution in [0, 0.1) is 0 Å². The summed E-state index contributed by atoms with van der Waals surface area (Å²) in [5, 5.41) is 1.75. The van der Waals surface area contributed by atoms with E-state index in [4.69, 9.17) is 46.9 Å². The summed E-state index contributed by atoms with van der Waals surface area (Å²) in [6.07, 6.45) is 2.69. The van der Waals surface area contributed by atoms with Crippen LogP contribution in [-0.2, 0) is 18.4 Å². The van der Waals surface area contributed by atoms with Crippen LogP contribution < -0.4 is 10.9 Å². The number of pyridine rings is 2. The number of benzene rings is 2. The molecule has 176 valence electrons. The predicted octanol–water partition coefficient (Wildman–Crippen LogP) is 4.32. The van der Waals surface area contributed by atoms with Crippen LogP contribution >= 0.6 is 44.6 Å². The zero-order valence-electron chi connectivity index (χ0n) is 15.9. The molecule has 33 heavy (non-hydrogen) atoms. The molecule has 0 aliphatic carbocycles. The highest BCUT2D eigenvalue weighted by atomic mass is 35.7. The molecule has 0 saturated carbocycles. The second-order valence-electron chi connectivity index (χ2n) is 6.05. The first kappa shape index (κ1) is 27.1. The van der Waals surface area contributed by atoms with Crippen LogP contribution in [0.25, 0.3) is 21.8 Å². The number of halogens is 4. The molecule has 0 amide bonds. The monoisotopic (exact) mass is 572 g/mol. The lowest BCUT2D eigenvalue weighted by Crippen LogP contribution is -2.12. The van der Waals surface area contributed by atoms with Crippen molar-refractivity contribution in [1.29, 1.82) is 0 Å². The van der Waals surface area contributed by atoms with Crippen LogP contribution in [0.5, 0.6) is 0 Å². The second kappa shape index (κ2) is 10.9. The second-order valence-corrected chi connectivity index (χ2v) is 11.5. The number of hydrogen-bond acceptors (Lipinski definition) is 6. The third-order valence-electron chi connectivity index (χ3n) is 3.79. The Hall–Kier alpha value is -2.12. The Bertz CT molecular complexity index is 1640. The molecule has 15 heteroatoms. The smallest absolute Gasteiger partial charge is 0.353 e. The molecule has 0 aliphatic rings. The lowest BCUT2D eigenvalue weighted by Gasteiger charge is -2.00. The third-order valence-corrected chi connectivity index (χ3v) is 5.59. The Labute approximate surface area is 205 Å². The van der Waals surface area contributed by atoms with Gasteiger partial charge < -0.3 is 9.97 Å². The third kappa shape index (κ3) is 8.31. The summed E-state index contributed by atoms with van der Waals surface area (Å²) >= 11 is 11.5. The van der Waals surface area contributed by atoms with Crippen molar-refractivity contribution in [2.24, 2.45) is 0 Å². The molecule has 4 aromatic rings. The fraction of sp³-hybridized carbons (Fsp3) is 0. The van der Waals surface area contributed by atoms with Gasteiger partial charge in [-0.2, -0.15) is 8.42 Å². The maximum Gasteiger partial charge on any atom is 0.353 e. The number of rotatable bonds is 1. The van der Waals surface area contributed by atoms with E-state index in [2.05, 4.69) is 20.7 Å². The van der Waals surface area contributed by atoms with Crippen LogP contribution in [0.1, 0.15) is 0 Å². The molecule has 2 aromatic heterocycles. The Balaban J connectivity index is 0.000000200. The fourth-order valence-corrected chi connectivity index (χ4v) is 3.72. The van der Waals surface area contributed by atoms with Gasteiger partial charge in [-0.25, -0.2) is 8.42 Å². The van der Waals surface area contributed by atoms with E-state index in [0.29, 0.717) is 20.9 Å². The standard InChI is InChI=1S/C9H5Cl2NO3S.C9H6ClNO.ClHO3S/c10-5-1-2-7-6(3-5)9(13)8(4-12-7)16(11,14)15;10-6-1-2-8-7(5-6)9(12)3-4-11-8;1-5(2,3)4/h1-4H,(H,12,13);1-5H,(H,11,12);(H,2,3,4). The van der Waals surface area contributed by atoms with E-state index in [1.165, 1.54) is 12.1 Å². The minimum Gasteiger partial charge on any atom is -0.361 e. The average Bonchev–Trinajstić information content (AvgIpc) is 2.68. The Morgan fingerprint density at radius 1 is 0.758 bits per heavy atom. The number of aromatic nitrogens is 2. The van der Waals surface area contributed by atoms with Crippen molar-refractivity contribution >= 4 is 84.8 Å². The summed E-state index contributed by atoms with van der Waals surface area (Å²) in [4.78, 5) is 28.2. The van der Waals surface area contributed by atoms with E-state index in [0.717, 1.165) is 11.7 Å². The van der Waals surface area contributed by atoms with Gasteiger partial charge in [-0.05, 0) is 36.4 Å². The number of aromatic amines is 2. The van der Waals surface area contributed by atoms with Crippen molar-refractivity contribution in [3.8, 4) is 0 Å². The summed E-state index contributed by atoms with van der Waals surface area (Å²) in [6.45, 7) is 0. The predicted molar refractivity (Wildman–Crippen MR) is 130 cm³/mol. The van der Waals surface area contributed by atoms with E-state index >= 15 is 0 Å². The van der Waals surface area contributed by atoms with Gasteiger partial charge in [-0.1, -0.05) is 23.2 Å². The number of hydrogen-bond donors (Lipinski definition) is 3. The Morgan fingerprint density at radius 2 is 1.24 bits per heavy atom. The maximum atomic E-state index is 11.8. The molecule has 3 N–H and O–H groups in total. The molecule has 0 radical (unpaired) electrons. The molecule has 0 atom stereocenters. The molecular formula is C18H12Cl4N2O7S2. The summed E-state index contributed by atoms with van der Waals surface area (Å²) in [5.74, 6) is 0. The zero-order valence-corrected chi connectivity index (χ0v) is 20.6. The van der Waals surface area contributed by atoms with E-state index in [-0.39, 0.29) is 10.8 Å². The largest absolute Gasteiger partial charge is 0.361 e. The molecule has 0 bridgehead atoms. The number of fused-ring (bicyclic) bond motifs is 2. The molecule has 0 fully saturated rings. The molecule has 4 rings (SSSR count). The first-order valence-corrected chi connectivity index (χ1v) is 13.7. The van der Waals surface area contributed by atoms with Gasteiger partial charge in [-0.15, -0.1) is 0 Å². The van der Waals surface area contributed by atoms with E-state index < -0.39 is 28.7 Å².